The molecule has 2 rings (SSSR count). The van der Waals surface area contributed by atoms with Crippen LogP contribution in [-0.2, 0) is 9.53 Å². The maximum absolute atomic E-state index is 11.8. The van der Waals surface area contributed by atoms with Crippen molar-refractivity contribution in [1.82, 2.24) is 0 Å². The first-order valence-corrected chi connectivity index (χ1v) is 7.44. The summed E-state index contributed by atoms with van der Waals surface area (Å²) in [6, 6.07) is 3.08. The molecule has 4 nitrogen and oxygen atoms in total. The molecule has 1 fully saturated rings. The summed E-state index contributed by atoms with van der Waals surface area (Å²) in [5.74, 6) is 0.325. The fraction of sp³-hybridized carbons (Fsp3) is 0.500. The standard InChI is InChI=1S/C14H18Cl2N2O2/c15-10-5-11(16)14(12(17)6-10)18-13(19)8-20-7-9-3-1-2-4-9/h5-6,9H,1-4,7-8,17H2,(H,18,19). The Morgan fingerprint density at radius 1 is 1.35 bits per heavy atom. The number of anilines is 2. The van der Waals surface area contributed by atoms with Gasteiger partial charge in [-0.2, -0.15) is 0 Å². The summed E-state index contributed by atoms with van der Waals surface area (Å²) < 4.78 is 5.43. The van der Waals surface area contributed by atoms with Gasteiger partial charge in [0.25, 0.3) is 0 Å². The number of rotatable bonds is 5. The Hall–Kier alpha value is -0.970. The molecular formula is C14H18Cl2N2O2. The fourth-order valence-corrected chi connectivity index (χ4v) is 2.95. The van der Waals surface area contributed by atoms with Gasteiger partial charge in [-0.3, -0.25) is 4.79 Å². The molecule has 1 saturated carbocycles. The van der Waals surface area contributed by atoms with Crippen LogP contribution < -0.4 is 11.1 Å². The molecule has 0 spiro atoms. The predicted molar refractivity (Wildman–Crippen MR) is 82.3 cm³/mol. The normalized spacial score (nSPS) is 15.5. The Balaban J connectivity index is 1.82. The second-order valence-electron chi connectivity index (χ2n) is 5.07. The molecule has 1 aliphatic rings. The predicted octanol–water partition coefficient (Wildman–Crippen LogP) is 3.72. The molecule has 0 aromatic heterocycles. The van der Waals surface area contributed by atoms with Gasteiger partial charge in [0.1, 0.15) is 6.61 Å². The minimum absolute atomic E-state index is 0.00882. The van der Waals surface area contributed by atoms with Gasteiger partial charge in [0, 0.05) is 5.02 Å². The van der Waals surface area contributed by atoms with Gasteiger partial charge in [-0.25, -0.2) is 0 Å². The average molecular weight is 317 g/mol. The molecule has 0 radical (unpaired) electrons. The fourth-order valence-electron chi connectivity index (χ4n) is 2.40. The molecule has 110 valence electrons. The highest BCUT2D eigenvalue weighted by Gasteiger charge is 2.16. The van der Waals surface area contributed by atoms with E-state index in [1.807, 2.05) is 0 Å². The third-order valence-corrected chi connectivity index (χ3v) is 3.93. The molecule has 0 saturated heterocycles. The van der Waals surface area contributed by atoms with Crippen LogP contribution in [0.15, 0.2) is 12.1 Å². The van der Waals surface area contributed by atoms with Crippen LogP contribution >= 0.6 is 23.2 Å². The zero-order valence-corrected chi connectivity index (χ0v) is 12.6. The van der Waals surface area contributed by atoms with E-state index < -0.39 is 0 Å². The van der Waals surface area contributed by atoms with Crippen molar-refractivity contribution >= 4 is 40.5 Å². The van der Waals surface area contributed by atoms with Crippen LogP contribution in [0.3, 0.4) is 0 Å². The second-order valence-corrected chi connectivity index (χ2v) is 5.91. The molecule has 0 aliphatic heterocycles. The van der Waals surface area contributed by atoms with Crippen LogP contribution in [0.4, 0.5) is 11.4 Å². The number of amides is 1. The molecule has 0 bridgehead atoms. The second kappa shape index (κ2) is 7.16. The van der Waals surface area contributed by atoms with Gasteiger partial charge in [0.05, 0.1) is 23.0 Å². The van der Waals surface area contributed by atoms with E-state index in [9.17, 15) is 4.79 Å². The summed E-state index contributed by atoms with van der Waals surface area (Å²) >= 11 is 11.8. The Morgan fingerprint density at radius 2 is 2.05 bits per heavy atom. The van der Waals surface area contributed by atoms with Crippen molar-refractivity contribution in [2.75, 3.05) is 24.3 Å². The smallest absolute Gasteiger partial charge is 0.250 e. The molecule has 1 aromatic carbocycles. The van der Waals surface area contributed by atoms with E-state index in [0.29, 0.717) is 33.9 Å². The zero-order valence-electron chi connectivity index (χ0n) is 11.1. The molecule has 20 heavy (non-hydrogen) atoms. The quantitative estimate of drug-likeness (QED) is 0.814. The molecule has 1 amide bonds. The van der Waals surface area contributed by atoms with Crippen molar-refractivity contribution in [3.8, 4) is 0 Å². The highest BCUT2D eigenvalue weighted by atomic mass is 35.5. The highest BCUT2D eigenvalue weighted by molar-refractivity contribution is 6.37. The van der Waals surface area contributed by atoms with Crippen molar-refractivity contribution in [3.05, 3.63) is 22.2 Å². The van der Waals surface area contributed by atoms with Crippen molar-refractivity contribution in [3.63, 3.8) is 0 Å². The van der Waals surface area contributed by atoms with E-state index in [1.54, 1.807) is 6.07 Å². The number of nitrogens with two attached hydrogens (primary N) is 1. The number of carbonyl (C=O) groups excluding carboxylic acids is 1. The third-order valence-electron chi connectivity index (χ3n) is 3.41. The number of hydrogen-bond donors (Lipinski definition) is 2. The summed E-state index contributed by atoms with van der Waals surface area (Å²) in [5.41, 5.74) is 6.49. The summed E-state index contributed by atoms with van der Waals surface area (Å²) in [5, 5.41) is 3.40. The first-order valence-electron chi connectivity index (χ1n) is 6.68. The molecular weight excluding hydrogens is 299 g/mol. The Morgan fingerprint density at radius 3 is 2.70 bits per heavy atom. The summed E-state index contributed by atoms with van der Waals surface area (Å²) in [6.07, 6.45) is 4.91. The van der Waals surface area contributed by atoms with Crippen molar-refractivity contribution in [2.45, 2.75) is 25.7 Å². The van der Waals surface area contributed by atoms with E-state index in [0.717, 1.165) is 0 Å². The van der Waals surface area contributed by atoms with E-state index in [-0.39, 0.29) is 12.5 Å². The van der Waals surface area contributed by atoms with Crippen LogP contribution in [0, 0.1) is 5.92 Å². The monoisotopic (exact) mass is 316 g/mol. The lowest BCUT2D eigenvalue weighted by molar-refractivity contribution is -0.121. The first-order chi connectivity index (χ1) is 9.56. The van der Waals surface area contributed by atoms with Gasteiger partial charge < -0.3 is 15.8 Å². The number of nitrogen functional groups attached to an aromatic ring is 1. The lowest BCUT2D eigenvalue weighted by atomic mass is 10.1. The number of carbonyl (C=O) groups is 1. The molecule has 0 atom stereocenters. The molecule has 0 unspecified atom stereocenters. The van der Waals surface area contributed by atoms with Gasteiger partial charge in [-0.05, 0) is 30.9 Å². The van der Waals surface area contributed by atoms with E-state index >= 15 is 0 Å². The minimum Gasteiger partial charge on any atom is -0.397 e. The molecule has 1 aliphatic carbocycles. The average Bonchev–Trinajstić information content (AvgIpc) is 2.87. The lowest BCUT2D eigenvalue weighted by Gasteiger charge is -2.12. The third kappa shape index (κ3) is 4.27. The van der Waals surface area contributed by atoms with Crippen LogP contribution in [0.25, 0.3) is 0 Å². The van der Waals surface area contributed by atoms with Crippen LogP contribution in [-0.4, -0.2) is 19.1 Å². The van der Waals surface area contributed by atoms with E-state index in [2.05, 4.69) is 5.32 Å². The largest absolute Gasteiger partial charge is 0.397 e. The first kappa shape index (κ1) is 15.4. The molecule has 0 heterocycles. The van der Waals surface area contributed by atoms with Crippen LogP contribution in [0.1, 0.15) is 25.7 Å². The highest BCUT2D eigenvalue weighted by Crippen LogP contribution is 2.32. The molecule has 1 aromatic rings. The van der Waals surface area contributed by atoms with Gasteiger partial charge in [-0.1, -0.05) is 36.0 Å². The van der Waals surface area contributed by atoms with E-state index in [4.69, 9.17) is 33.7 Å². The Labute approximate surface area is 128 Å². The zero-order chi connectivity index (χ0) is 14.5. The Kier molecular flexibility index (Phi) is 5.52. The summed E-state index contributed by atoms with van der Waals surface area (Å²) in [6.45, 7) is 0.645. The molecule has 3 N–H and O–H groups in total. The summed E-state index contributed by atoms with van der Waals surface area (Å²) in [4.78, 5) is 11.8. The van der Waals surface area contributed by atoms with Crippen molar-refractivity contribution < 1.29 is 9.53 Å². The Bertz CT molecular complexity index is 465. The topological polar surface area (TPSA) is 64.3 Å². The number of hydrogen-bond acceptors (Lipinski definition) is 3. The minimum atomic E-state index is -0.265. The van der Waals surface area contributed by atoms with Gasteiger partial charge in [-0.15, -0.1) is 0 Å². The van der Waals surface area contributed by atoms with Gasteiger partial charge in [0.2, 0.25) is 5.91 Å². The maximum Gasteiger partial charge on any atom is 0.250 e. The lowest BCUT2D eigenvalue weighted by Crippen LogP contribution is -2.21. The van der Waals surface area contributed by atoms with Crippen LogP contribution in [0.2, 0.25) is 10.0 Å². The number of ether oxygens (including phenoxy) is 1. The van der Waals surface area contributed by atoms with Gasteiger partial charge >= 0.3 is 0 Å². The van der Waals surface area contributed by atoms with Gasteiger partial charge in [0.15, 0.2) is 0 Å². The SMILES string of the molecule is Nc1cc(Cl)cc(Cl)c1NC(=O)COCC1CCCC1. The number of nitrogens with one attached hydrogen (secondary N) is 1. The number of benzene rings is 1. The number of halogens is 2. The summed E-state index contributed by atoms with van der Waals surface area (Å²) in [7, 11) is 0. The molecule has 6 heteroatoms. The van der Waals surface area contributed by atoms with E-state index in [1.165, 1.54) is 31.7 Å². The van der Waals surface area contributed by atoms with Crippen molar-refractivity contribution in [1.29, 1.82) is 0 Å². The van der Waals surface area contributed by atoms with Crippen molar-refractivity contribution in [2.24, 2.45) is 5.92 Å². The maximum atomic E-state index is 11.8. The van der Waals surface area contributed by atoms with Crippen LogP contribution in [0.5, 0.6) is 0 Å².